The molecule has 0 radical (unpaired) electrons. The van der Waals surface area contributed by atoms with Crippen molar-refractivity contribution >= 4 is 5.91 Å². The van der Waals surface area contributed by atoms with E-state index in [0.717, 1.165) is 50.1 Å². The molecule has 0 spiro atoms. The van der Waals surface area contributed by atoms with Gasteiger partial charge >= 0.3 is 0 Å². The first-order chi connectivity index (χ1) is 10.1. The molecule has 0 aromatic heterocycles. The van der Waals surface area contributed by atoms with Crippen LogP contribution in [0.25, 0.3) is 0 Å². The van der Waals surface area contributed by atoms with Crippen LogP contribution in [0.5, 0.6) is 5.75 Å². The van der Waals surface area contributed by atoms with Crippen LogP contribution in [0.15, 0.2) is 24.3 Å². The molecule has 1 aliphatic carbocycles. The van der Waals surface area contributed by atoms with Crippen LogP contribution in [-0.4, -0.2) is 30.0 Å². The van der Waals surface area contributed by atoms with E-state index in [-0.39, 0.29) is 5.91 Å². The maximum Gasteiger partial charge on any atom is 0.254 e. The number of ether oxygens (including phenoxy) is 1. The van der Waals surface area contributed by atoms with Crippen molar-refractivity contribution in [1.29, 1.82) is 0 Å². The van der Waals surface area contributed by atoms with Crippen molar-refractivity contribution in [1.82, 2.24) is 4.90 Å². The van der Waals surface area contributed by atoms with Crippen LogP contribution in [0.3, 0.4) is 0 Å². The maximum atomic E-state index is 12.6. The van der Waals surface area contributed by atoms with E-state index in [1.807, 2.05) is 29.2 Å². The van der Waals surface area contributed by atoms with Crippen LogP contribution in [0, 0.1) is 5.92 Å². The van der Waals surface area contributed by atoms with Gasteiger partial charge in [0.2, 0.25) is 0 Å². The molecule has 0 aliphatic heterocycles. The Morgan fingerprint density at radius 3 is 2.48 bits per heavy atom. The topological polar surface area (TPSA) is 29.5 Å². The van der Waals surface area contributed by atoms with Gasteiger partial charge in [0.1, 0.15) is 5.75 Å². The molecule has 1 fully saturated rings. The molecule has 1 aromatic rings. The Morgan fingerprint density at radius 1 is 1.29 bits per heavy atom. The van der Waals surface area contributed by atoms with Gasteiger partial charge in [-0.3, -0.25) is 4.79 Å². The van der Waals surface area contributed by atoms with Crippen molar-refractivity contribution in [2.24, 2.45) is 5.92 Å². The number of carbonyl (C=O) groups is 1. The summed E-state index contributed by atoms with van der Waals surface area (Å²) in [6.45, 7) is 8.05. The molecule has 1 saturated carbocycles. The first-order valence-electron chi connectivity index (χ1n) is 8.15. The zero-order valence-corrected chi connectivity index (χ0v) is 13.5. The second-order valence-corrected chi connectivity index (χ2v) is 6.31. The molecule has 21 heavy (non-hydrogen) atoms. The Hall–Kier alpha value is -1.51. The second-order valence-electron chi connectivity index (χ2n) is 6.31. The Morgan fingerprint density at radius 2 is 1.95 bits per heavy atom. The molecule has 116 valence electrons. The fourth-order valence-electron chi connectivity index (χ4n) is 2.37. The summed E-state index contributed by atoms with van der Waals surface area (Å²) in [5.74, 6) is 1.51. The lowest BCUT2D eigenvalue weighted by atomic mass is 10.1. The van der Waals surface area contributed by atoms with E-state index in [1.54, 1.807) is 0 Å². The largest absolute Gasteiger partial charge is 0.494 e. The number of rotatable bonds is 8. The maximum absolute atomic E-state index is 12.6. The zero-order chi connectivity index (χ0) is 15.2. The highest BCUT2D eigenvalue weighted by molar-refractivity contribution is 5.94. The zero-order valence-electron chi connectivity index (χ0n) is 13.5. The summed E-state index contributed by atoms with van der Waals surface area (Å²) >= 11 is 0. The van der Waals surface area contributed by atoms with E-state index in [1.165, 1.54) is 0 Å². The van der Waals surface area contributed by atoms with E-state index in [9.17, 15) is 4.79 Å². The molecule has 3 heteroatoms. The van der Waals surface area contributed by atoms with E-state index in [4.69, 9.17) is 4.74 Å². The number of hydrogen-bond acceptors (Lipinski definition) is 2. The summed E-state index contributed by atoms with van der Waals surface area (Å²) in [7, 11) is 0. The van der Waals surface area contributed by atoms with Gasteiger partial charge in [-0.15, -0.1) is 0 Å². The Labute approximate surface area is 128 Å². The lowest BCUT2D eigenvalue weighted by Gasteiger charge is -2.24. The number of hydrogen-bond donors (Lipinski definition) is 0. The molecule has 0 heterocycles. The normalized spacial score (nSPS) is 14.3. The third-order valence-electron chi connectivity index (χ3n) is 3.68. The average Bonchev–Trinajstić information content (AvgIpc) is 3.29. The Kier molecular flexibility index (Phi) is 5.66. The van der Waals surface area contributed by atoms with E-state index in [2.05, 4.69) is 20.8 Å². The number of amides is 1. The van der Waals surface area contributed by atoms with Crippen LogP contribution < -0.4 is 4.74 Å². The third kappa shape index (κ3) is 4.76. The quantitative estimate of drug-likeness (QED) is 0.674. The number of unbranched alkanes of at least 4 members (excludes halogenated alkanes) is 1. The third-order valence-corrected chi connectivity index (χ3v) is 3.68. The predicted octanol–water partition coefficient (Wildman–Crippen LogP) is 4.13. The van der Waals surface area contributed by atoms with Crippen molar-refractivity contribution in [2.45, 2.75) is 52.5 Å². The summed E-state index contributed by atoms with van der Waals surface area (Å²) in [6.07, 6.45) is 4.49. The molecule has 0 saturated heterocycles. The van der Waals surface area contributed by atoms with Crippen LogP contribution in [0.1, 0.15) is 56.8 Å². The van der Waals surface area contributed by atoms with E-state index >= 15 is 0 Å². The van der Waals surface area contributed by atoms with Crippen molar-refractivity contribution in [3.8, 4) is 5.75 Å². The minimum absolute atomic E-state index is 0.159. The van der Waals surface area contributed by atoms with Crippen molar-refractivity contribution in [3.63, 3.8) is 0 Å². The predicted molar refractivity (Wildman–Crippen MR) is 85.7 cm³/mol. The van der Waals surface area contributed by atoms with Gasteiger partial charge in [-0.1, -0.05) is 27.2 Å². The molecule has 1 amide bonds. The molecule has 1 aromatic carbocycles. The number of benzene rings is 1. The highest BCUT2D eigenvalue weighted by atomic mass is 16.5. The minimum atomic E-state index is 0.159. The van der Waals surface area contributed by atoms with Gasteiger partial charge in [0.15, 0.2) is 0 Å². The van der Waals surface area contributed by atoms with Crippen molar-refractivity contribution in [3.05, 3.63) is 29.8 Å². The van der Waals surface area contributed by atoms with Gasteiger partial charge in [0.05, 0.1) is 6.61 Å². The molecule has 2 rings (SSSR count). The minimum Gasteiger partial charge on any atom is -0.494 e. The van der Waals surface area contributed by atoms with Crippen molar-refractivity contribution < 1.29 is 9.53 Å². The van der Waals surface area contributed by atoms with Crippen LogP contribution in [0.4, 0.5) is 0 Å². The Bertz CT molecular complexity index is 449. The SMILES string of the molecule is CCCCOc1ccc(C(=O)N(CC(C)C)C2CC2)cc1. The fourth-order valence-corrected chi connectivity index (χ4v) is 2.37. The van der Waals surface area contributed by atoms with Gasteiger partial charge in [-0.2, -0.15) is 0 Å². The number of nitrogens with zero attached hydrogens (tertiary/aromatic N) is 1. The summed E-state index contributed by atoms with van der Waals surface area (Å²) in [4.78, 5) is 14.7. The smallest absolute Gasteiger partial charge is 0.254 e. The van der Waals surface area contributed by atoms with E-state index < -0.39 is 0 Å². The van der Waals surface area contributed by atoms with Gasteiger partial charge in [0, 0.05) is 18.2 Å². The van der Waals surface area contributed by atoms with Gasteiger partial charge < -0.3 is 9.64 Å². The highest BCUT2D eigenvalue weighted by Crippen LogP contribution is 2.29. The average molecular weight is 289 g/mol. The van der Waals surface area contributed by atoms with Crippen LogP contribution >= 0.6 is 0 Å². The lowest BCUT2D eigenvalue weighted by Crippen LogP contribution is -2.36. The summed E-state index contributed by atoms with van der Waals surface area (Å²) in [5, 5.41) is 0. The van der Waals surface area contributed by atoms with Crippen LogP contribution in [-0.2, 0) is 0 Å². The molecular formula is C18H27NO2. The standard InChI is InChI=1S/C18H27NO2/c1-4-5-12-21-17-10-6-15(7-11-17)18(20)19(13-14(2)3)16-8-9-16/h6-7,10-11,14,16H,4-5,8-9,12-13H2,1-3H3. The molecule has 0 N–H and O–H groups in total. The number of carbonyl (C=O) groups excluding carboxylic acids is 1. The first kappa shape index (κ1) is 15.9. The second kappa shape index (κ2) is 7.48. The molecular weight excluding hydrogens is 262 g/mol. The summed E-state index contributed by atoms with van der Waals surface area (Å²) < 4.78 is 5.64. The van der Waals surface area contributed by atoms with Gasteiger partial charge in [-0.05, 0) is 49.4 Å². The lowest BCUT2D eigenvalue weighted by molar-refractivity contribution is 0.0722. The van der Waals surface area contributed by atoms with Gasteiger partial charge in [-0.25, -0.2) is 0 Å². The molecule has 0 bridgehead atoms. The molecule has 1 aliphatic rings. The van der Waals surface area contributed by atoms with Crippen LogP contribution in [0.2, 0.25) is 0 Å². The first-order valence-corrected chi connectivity index (χ1v) is 8.15. The molecule has 3 nitrogen and oxygen atoms in total. The fraction of sp³-hybridized carbons (Fsp3) is 0.611. The van der Waals surface area contributed by atoms with Gasteiger partial charge in [0.25, 0.3) is 5.91 Å². The summed E-state index contributed by atoms with van der Waals surface area (Å²) in [6, 6.07) is 8.05. The Balaban J connectivity index is 1.97. The highest BCUT2D eigenvalue weighted by Gasteiger charge is 2.33. The molecule has 0 unspecified atom stereocenters. The molecule has 0 atom stereocenters. The van der Waals surface area contributed by atoms with E-state index in [0.29, 0.717) is 12.0 Å². The van der Waals surface area contributed by atoms with Crippen molar-refractivity contribution in [2.75, 3.05) is 13.2 Å². The monoisotopic (exact) mass is 289 g/mol. The summed E-state index contributed by atoms with van der Waals surface area (Å²) in [5.41, 5.74) is 0.769.